The second-order valence-electron chi connectivity index (χ2n) is 4.81. The molecule has 0 radical (unpaired) electrons. The van der Waals surface area contributed by atoms with Gasteiger partial charge in [0.2, 0.25) is 0 Å². The van der Waals surface area contributed by atoms with Crippen LogP contribution in [0.15, 0.2) is 39.7 Å². The summed E-state index contributed by atoms with van der Waals surface area (Å²) >= 11 is 9.07. The first kappa shape index (κ1) is 18.2. The summed E-state index contributed by atoms with van der Waals surface area (Å²) in [5.74, 6) is -0.0766. The number of benzene rings is 2. The summed E-state index contributed by atoms with van der Waals surface area (Å²) in [6.07, 6.45) is 1.21. The standard InChI is InChI=1S/C15H13BrClFO4S/c1-23(20,21)14-3-2-13(15(16)12(14)4-5-19)22-11-7-9(17)6-10(18)8-11/h2-3,6-8,19H,4-5H2,1H3. The summed E-state index contributed by atoms with van der Waals surface area (Å²) in [7, 11) is -3.46. The lowest BCUT2D eigenvalue weighted by atomic mass is 10.1. The first-order chi connectivity index (χ1) is 10.7. The van der Waals surface area contributed by atoms with E-state index in [1.54, 1.807) is 0 Å². The molecule has 2 aromatic carbocycles. The molecule has 0 aliphatic carbocycles. The van der Waals surface area contributed by atoms with E-state index in [1.807, 2.05) is 0 Å². The van der Waals surface area contributed by atoms with Crippen molar-refractivity contribution in [3.05, 3.63) is 51.2 Å². The van der Waals surface area contributed by atoms with Gasteiger partial charge in [0.25, 0.3) is 0 Å². The monoisotopic (exact) mass is 422 g/mol. The quantitative estimate of drug-likeness (QED) is 0.790. The fourth-order valence-electron chi connectivity index (χ4n) is 2.07. The Morgan fingerprint density at radius 1 is 1.30 bits per heavy atom. The minimum atomic E-state index is -3.46. The number of hydrogen-bond acceptors (Lipinski definition) is 4. The number of halogens is 3. The molecule has 0 heterocycles. The highest BCUT2D eigenvalue weighted by molar-refractivity contribution is 9.10. The zero-order chi connectivity index (χ0) is 17.2. The Balaban J connectivity index is 2.50. The van der Waals surface area contributed by atoms with Crippen molar-refractivity contribution in [3.63, 3.8) is 0 Å². The summed E-state index contributed by atoms with van der Waals surface area (Å²) in [6, 6.07) is 6.59. The van der Waals surface area contributed by atoms with E-state index in [-0.39, 0.29) is 28.7 Å². The van der Waals surface area contributed by atoms with Gasteiger partial charge in [-0.2, -0.15) is 0 Å². The van der Waals surface area contributed by atoms with Crippen LogP contribution in [-0.2, 0) is 16.3 Å². The summed E-state index contributed by atoms with van der Waals surface area (Å²) in [5, 5.41) is 9.34. The van der Waals surface area contributed by atoms with Gasteiger partial charge in [0, 0.05) is 24.0 Å². The summed E-state index contributed by atoms with van der Waals surface area (Å²) in [5.41, 5.74) is 0.398. The Kier molecular flexibility index (Phi) is 5.67. The highest BCUT2D eigenvalue weighted by atomic mass is 79.9. The molecule has 0 unspecified atom stereocenters. The van der Waals surface area contributed by atoms with Gasteiger partial charge in [-0.1, -0.05) is 11.6 Å². The Hall–Kier alpha value is -1.15. The van der Waals surface area contributed by atoms with Gasteiger partial charge >= 0.3 is 0 Å². The highest BCUT2D eigenvalue weighted by Crippen LogP contribution is 2.37. The molecular weight excluding hydrogens is 411 g/mol. The number of sulfone groups is 1. The Bertz CT molecular complexity index is 819. The average Bonchev–Trinajstić information content (AvgIpc) is 2.41. The summed E-state index contributed by atoms with van der Waals surface area (Å²) in [4.78, 5) is 0.100. The van der Waals surface area contributed by atoms with Gasteiger partial charge in [-0.25, -0.2) is 12.8 Å². The van der Waals surface area contributed by atoms with E-state index in [1.165, 1.54) is 18.2 Å². The molecule has 0 amide bonds. The molecule has 1 N–H and O–H groups in total. The first-order valence-electron chi connectivity index (χ1n) is 6.48. The van der Waals surface area contributed by atoms with E-state index in [0.717, 1.165) is 18.4 Å². The van der Waals surface area contributed by atoms with E-state index in [0.29, 0.717) is 15.8 Å². The predicted molar refractivity (Wildman–Crippen MR) is 89.5 cm³/mol. The smallest absolute Gasteiger partial charge is 0.175 e. The van der Waals surface area contributed by atoms with Gasteiger partial charge < -0.3 is 9.84 Å². The normalized spacial score (nSPS) is 11.5. The minimum Gasteiger partial charge on any atom is -0.456 e. The van der Waals surface area contributed by atoms with Crippen molar-refractivity contribution < 1.29 is 22.7 Å². The van der Waals surface area contributed by atoms with E-state index < -0.39 is 15.7 Å². The molecule has 0 fully saturated rings. The van der Waals surface area contributed by atoms with Crippen molar-refractivity contribution in [2.24, 2.45) is 0 Å². The third-order valence-corrected chi connectivity index (χ3v) is 5.26. The average molecular weight is 424 g/mol. The van der Waals surface area contributed by atoms with Crippen LogP contribution in [0.5, 0.6) is 11.5 Å². The second-order valence-corrected chi connectivity index (χ2v) is 8.02. The molecule has 0 saturated carbocycles. The van der Waals surface area contributed by atoms with E-state index >= 15 is 0 Å². The molecule has 0 aliphatic rings. The molecule has 0 saturated heterocycles. The molecule has 0 spiro atoms. The zero-order valence-electron chi connectivity index (χ0n) is 12.0. The number of aliphatic hydroxyl groups excluding tert-OH is 1. The molecule has 0 aromatic heterocycles. The van der Waals surface area contributed by atoms with Crippen LogP contribution in [0.1, 0.15) is 5.56 Å². The molecule has 0 bridgehead atoms. The number of aliphatic hydroxyl groups is 1. The first-order valence-corrected chi connectivity index (χ1v) is 9.55. The molecule has 0 aliphatic heterocycles. The van der Waals surface area contributed by atoms with Gasteiger partial charge in [0.05, 0.1) is 9.37 Å². The molecular formula is C15H13BrClFO4S. The van der Waals surface area contributed by atoms with Crippen molar-refractivity contribution in [2.45, 2.75) is 11.3 Å². The maximum absolute atomic E-state index is 13.4. The third-order valence-electron chi connectivity index (χ3n) is 2.99. The Morgan fingerprint density at radius 2 is 2.00 bits per heavy atom. The molecule has 4 nitrogen and oxygen atoms in total. The molecule has 23 heavy (non-hydrogen) atoms. The maximum Gasteiger partial charge on any atom is 0.175 e. The maximum atomic E-state index is 13.4. The van der Waals surface area contributed by atoms with Crippen LogP contribution in [0.3, 0.4) is 0 Å². The SMILES string of the molecule is CS(=O)(=O)c1ccc(Oc2cc(F)cc(Cl)c2)c(Br)c1CCO. The summed E-state index contributed by atoms with van der Waals surface area (Å²) in [6.45, 7) is -0.226. The zero-order valence-corrected chi connectivity index (χ0v) is 15.2. The lowest BCUT2D eigenvalue weighted by molar-refractivity contribution is 0.298. The van der Waals surface area contributed by atoms with Crippen molar-refractivity contribution in [3.8, 4) is 11.5 Å². The van der Waals surface area contributed by atoms with Crippen LogP contribution in [0.25, 0.3) is 0 Å². The fourth-order valence-corrected chi connectivity index (χ4v) is 4.00. The van der Waals surface area contributed by atoms with Gasteiger partial charge in [-0.3, -0.25) is 0 Å². The van der Waals surface area contributed by atoms with Crippen molar-refractivity contribution in [1.82, 2.24) is 0 Å². The fraction of sp³-hybridized carbons (Fsp3) is 0.200. The largest absolute Gasteiger partial charge is 0.456 e. The van der Waals surface area contributed by atoms with Crippen LogP contribution < -0.4 is 4.74 Å². The van der Waals surface area contributed by atoms with Gasteiger partial charge in [-0.15, -0.1) is 0 Å². The Labute approximate surface area is 146 Å². The minimum absolute atomic E-state index is 0.100. The molecule has 0 atom stereocenters. The van der Waals surface area contributed by atoms with E-state index in [2.05, 4.69) is 15.9 Å². The number of ether oxygens (including phenoxy) is 1. The van der Waals surface area contributed by atoms with Crippen LogP contribution in [0, 0.1) is 5.82 Å². The number of rotatable bonds is 5. The summed E-state index contributed by atoms with van der Waals surface area (Å²) < 4.78 is 43.0. The second kappa shape index (κ2) is 7.17. The van der Waals surface area contributed by atoms with Crippen LogP contribution >= 0.6 is 27.5 Å². The van der Waals surface area contributed by atoms with Crippen molar-refractivity contribution in [1.29, 1.82) is 0 Å². The topological polar surface area (TPSA) is 63.6 Å². The molecule has 8 heteroatoms. The molecule has 2 aromatic rings. The number of hydrogen-bond donors (Lipinski definition) is 1. The Morgan fingerprint density at radius 3 is 2.57 bits per heavy atom. The van der Waals surface area contributed by atoms with Crippen LogP contribution in [-0.4, -0.2) is 26.4 Å². The predicted octanol–water partition coefficient (Wildman–Crippen LogP) is 3.97. The van der Waals surface area contributed by atoms with Crippen LogP contribution in [0.2, 0.25) is 5.02 Å². The third kappa shape index (κ3) is 4.44. The van der Waals surface area contributed by atoms with Crippen molar-refractivity contribution in [2.75, 3.05) is 12.9 Å². The van der Waals surface area contributed by atoms with E-state index in [4.69, 9.17) is 21.4 Å². The highest BCUT2D eigenvalue weighted by Gasteiger charge is 2.19. The lowest BCUT2D eigenvalue weighted by Gasteiger charge is -2.14. The molecule has 124 valence electrons. The van der Waals surface area contributed by atoms with E-state index in [9.17, 15) is 12.8 Å². The van der Waals surface area contributed by atoms with Gasteiger partial charge in [0.15, 0.2) is 9.84 Å². The van der Waals surface area contributed by atoms with Gasteiger partial charge in [-0.05, 0) is 52.2 Å². The van der Waals surface area contributed by atoms with Crippen molar-refractivity contribution >= 4 is 37.4 Å². The lowest BCUT2D eigenvalue weighted by Crippen LogP contribution is -2.06. The molecule has 2 rings (SSSR count). The van der Waals surface area contributed by atoms with Crippen LogP contribution in [0.4, 0.5) is 4.39 Å². The van der Waals surface area contributed by atoms with Gasteiger partial charge in [0.1, 0.15) is 17.3 Å².